The summed E-state index contributed by atoms with van der Waals surface area (Å²) in [5, 5.41) is 0.772. The van der Waals surface area contributed by atoms with E-state index in [1.165, 1.54) is 0 Å². The summed E-state index contributed by atoms with van der Waals surface area (Å²) in [7, 11) is 0. The molecule has 98 valence electrons. The highest BCUT2D eigenvalue weighted by molar-refractivity contribution is 9.10. The van der Waals surface area contributed by atoms with E-state index in [1.807, 2.05) is 6.07 Å². The van der Waals surface area contributed by atoms with Gasteiger partial charge < -0.3 is 10.5 Å². The average molecular weight is 377 g/mol. The highest BCUT2D eigenvalue weighted by Gasteiger charge is 2.11. The van der Waals surface area contributed by atoms with Gasteiger partial charge in [0, 0.05) is 4.47 Å². The molecule has 0 aliphatic rings. The Labute approximate surface area is 134 Å². The molecule has 0 unspecified atom stereocenters. The van der Waals surface area contributed by atoms with E-state index >= 15 is 0 Å². The van der Waals surface area contributed by atoms with Gasteiger partial charge in [-0.15, -0.1) is 0 Å². The highest BCUT2D eigenvalue weighted by Crippen LogP contribution is 2.36. The Morgan fingerprint density at radius 1 is 1.16 bits per heavy atom. The minimum absolute atomic E-state index is 0.245. The van der Waals surface area contributed by atoms with Crippen LogP contribution in [0.25, 0.3) is 0 Å². The van der Waals surface area contributed by atoms with Gasteiger partial charge in [-0.3, -0.25) is 0 Å². The molecule has 0 aliphatic carbocycles. The number of halogens is 3. The molecule has 0 bridgehead atoms. The van der Waals surface area contributed by atoms with Crippen LogP contribution in [0.4, 0.5) is 0 Å². The fourth-order valence-electron chi connectivity index (χ4n) is 1.47. The molecule has 0 amide bonds. The van der Waals surface area contributed by atoms with Crippen molar-refractivity contribution >= 4 is 56.3 Å². The van der Waals surface area contributed by atoms with Crippen LogP contribution < -0.4 is 10.5 Å². The standard InChI is InChI=1S/C13H8BrCl2NOS/c14-7-4-5-10(8(6-7)13(17)19)18-11-3-1-2-9(15)12(11)16/h1-6H,(H2,17,19). The first-order valence-corrected chi connectivity index (χ1v) is 7.16. The molecule has 0 saturated carbocycles. The average Bonchev–Trinajstić information content (AvgIpc) is 2.36. The summed E-state index contributed by atoms with van der Waals surface area (Å²) in [5.41, 5.74) is 6.30. The van der Waals surface area contributed by atoms with E-state index in [9.17, 15) is 0 Å². The van der Waals surface area contributed by atoms with Crippen molar-refractivity contribution < 1.29 is 4.74 Å². The van der Waals surface area contributed by atoms with Gasteiger partial charge in [0.25, 0.3) is 0 Å². The lowest BCUT2D eigenvalue weighted by atomic mass is 10.2. The molecular weight excluding hydrogens is 369 g/mol. The van der Waals surface area contributed by atoms with Crippen molar-refractivity contribution in [3.8, 4) is 11.5 Å². The number of hydrogen-bond donors (Lipinski definition) is 1. The van der Waals surface area contributed by atoms with E-state index in [0.29, 0.717) is 27.1 Å². The zero-order chi connectivity index (χ0) is 14.0. The van der Waals surface area contributed by atoms with Crippen molar-refractivity contribution in [2.24, 2.45) is 5.73 Å². The molecule has 2 rings (SSSR count). The Morgan fingerprint density at radius 3 is 2.58 bits per heavy atom. The van der Waals surface area contributed by atoms with Gasteiger partial charge in [0.1, 0.15) is 21.5 Å². The molecule has 0 aromatic heterocycles. The van der Waals surface area contributed by atoms with Crippen molar-refractivity contribution in [2.75, 3.05) is 0 Å². The fourth-order valence-corrected chi connectivity index (χ4v) is 2.32. The van der Waals surface area contributed by atoms with Gasteiger partial charge in [-0.2, -0.15) is 0 Å². The highest BCUT2D eigenvalue weighted by atomic mass is 79.9. The molecule has 0 fully saturated rings. The minimum Gasteiger partial charge on any atom is -0.455 e. The van der Waals surface area contributed by atoms with Crippen LogP contribution in [-0.4, -0.2) is 4.99 Å². The predicted octanol–water partition coefficient (Wildman–Crippen LogP) is 5.18. The Kier molecular flexibility index (Phi) is 4.68. The lowest BCUT2D eigenvalue weighted by molar-refractivity contribution is 0.482. The van der Waals surface area contributed by atoms with E-state index in [2.05, 4.69) is 15.9 Å². The lowest BCUT2D eigenvalue weighted by Gasteiger charge is -2.12. The molecule has 0 spiro atoms. The second-order valence-corrected chi connectivity index (χ2v) is 5.80. The fraction of sp³-hybridized carbons (Fsp3) is 0. The number of hydrogen-bond acceptors (Lipinski definition) is 2. The second-order valence-electron chi connectivity index (χ2n) is 3.66. The largest absolute Gasteiger partial charge is 0.455 e. The Morgan fingerprint density at radius 2 is 1.89 bits per heavy atom. The smallest absolute Gasteiger partial charge is 0.147 e. The Balaban J connectivity index is 2.44. The predicted molar refractivity (Wildman–Crippen MR) is 86.6 cm³/mol. The zero-order valence-electron chi connectivity index (χ0n) is 9.49. The van der Waals surface area contributed by atoms with Gasteiger partial charge in [0.15, 0.2) is 0 Å². The van der Waals surface area contributed by atoms with Crippen molar-refractivity contribution in [3.63, 3.8) is 0 Å². The molecule has 0 heterocycles. The molecule has 2 aromatic rings. The van der Waals surface area contributed by atoms with Crippen LogP contribution in [0, 0.1) is 0 Å². The summed E-state index contributed by atoms with van der Waals surface area (Å²) in [4.78, 5) is 0.245. The van der Waals surface area contributed by atoms with Crippen LogP contribution in [0.2, 0.25) is 10.0 Å². The molecule has 2 aromatic carbocycles. The maximum absolute atomic E-state index is 6.08. The zero-order valence-corrected chi connectivity index (χ0v) is 13.4. The van der Waals surface area contributed by atoms with Gasteiger partial charge in [0.2, 0.25) is 0 Å². The third-order valence-corrected chi connectivity index (χ3v) is 3.86. The molecule has 2 N–H and O–H groups in total. The molecule has 2 nitrogen and oxygen atoms in total. The van der Waals surface area contributed by atoms with Crippen LogP contribution in [0.3, 0.4) is 0 Å². The first-order chi connectivity index (χ1) is 8.99. The van der Waals surface area contributed by atoms with E-state index < -0.39 is 0 Å². The summed E-state index contributed by atoms with van der Waals surface area (Å²) in [5.74, 6) is 0.980. The van der Waals surface area contributed by atoms with Crippen molar-refractivity contribution in [2.45, 2.75) is 0 Å². The Hall–Kier alpha value is -0.810. The Bertz CT molecular complexity index is 649. The normalized spacial score (nSPS) is 10.3. The van der Waals surface area contributed by atoms with Gasteiger partial charge in [-0.25, -0.2) is 0 Å². The van der Waals surface area contributed by atoms with E-state index in [0.717, 1.165) is 4.47 Å². The van der Waals surface area contributed by atoms with Crippen LogP contribution in [0.1, 0.15) is 5.56 Å². The SMILES string of the molecule is NC(=S)c1cc(Br)ccc1Oc1cccc(Cl)c1Cl. The van der Waals surface area contributed by atoms with Crippen LogP contribution in [0.15, 0.2) is 40.9 Å². The summed E-state index contributed by atoms with van der Waals surface area (Å²) >= 11 is 20.4. The molecule has 0 saturated heterocycles. The van der Waals surface area contributed by atoms with Crippen molar-refractivity contribution in [3.05, 3.63) is 56.5 Å². The first-order valence-electron chi connectivity index (χ1n) is 5.20. The molecule has 0 radical (unpaired) electrons. The van der Waals surface area contributed by atoms with Crippen molar-refractivity contribution in [1.82, 2.24) is 0 Å². The van der Waals surface area contributed by atoms with E-state index in [4.69, 9.17) is 45.9 Å². The second kappa shape index (κ2) is 6.09. The molecule has 0 aliphatic heterocycles. The minimum atomic E-state index is 0.245. The summed E-state index contributed by atoms with van der Waals surface area (Å²) in [6, 6.07) is 10.5. The van der Waals surface area contributed by atoms with Gasteiger partial charge in [-0.05, 0) is 30.3 Å². The summed E-state index contributed by atoms with van der Waals surface area (Å²) in [6.45, 7) is 0. The molecule has 0 atom stereocenters. The summed E-state index contributed by atoms with van der Waals surface area (Å²) in [6.07, 6.45) is 0. The number of nitrogens with two attached hydrogens (primary N) is 1. The number of benzene rings is 2. The van der Waals surface area contributed by atoms with E-state index in [1.54, 1.807) is 30.3 Å². The maximum atomic E-state index is 6.08. The topological polar surface area (TPSA) is 35.2 Å². The van der Waals surface area contributed by atoms with Crippen LogP contribution in [0.5, 0.6) is 11.5 Å². The number of rotatable bonds is 3. The molecular formula is C13H8BrCl2NOS. The van der Waals surface area contributed by atoms with Crippen LogP contribution >= 0.6 is 51.3 Å². The van der Waals surface area contributed by atoms with Crippen LogP contribution in [-0.2, 0) is 0 Å². The van der Waals surface area contributed by atoms with Gasteiger partial charge >= 0.3 is 0 Å². The number of thiocarbonyl (C=S) groups is 1. The quantitative estimate of drug-likeness (QED) is 0.749. The first kappa shape index (κ1) is 14.6. The monoisotopic (exact) mass is 375 g/mol. The number of ether oxygens (including phenoxy) is 1. The van der Waals surface area contributed by atoms with Gasteiger partial charge in [0.05, 0.1) is 10.6 Å². The lowest BCUT2D eigenvalue weighted by Crippen LogP contribution is -2.10. The summed E-state index contributed by atoms with van der Waals surface area (Å²) < 4.78 is 6.59. The van der Waals surface area contributed by atoms with Gasteiger partial charge in [-0.1, -0.05) is 57.4 Å². The molecule has 19 heavy (non-hydrogen) atoms. The molecule has 6 heteroatoms. The maximum Gasteiger partial charge on any atom is 0.147 e. The van der Waals surface area contributed by atoms with E-state index in [-0.39, 0.29) is 4.99 Å². The third-order valence-electron chi connectivity index (χ3n) is 2.34. The third kappa shape index (κ3) is 3.39. The van der Waals surface area contributed by atoms with Crippen molar-refractivity contribution in [1.29, 1.82) is 0 Å².